The van der Waals surface area contributed by atoms with Gasteiger partial charge in [-0.25, -0.2) is 0 Å². The van der Waals surface area contributed by atoms with Gasteiger partial charge in [-0.1, -0.05) is 44.0 Å². The first-order valence-corrected chi connectivity index (χ1v) is 5.98. The Kier molecular flexibility index (Phi) is 5.60. The van der Waals surface area contributed by atoms with Crippen LogP contribution in [-0.4, -0.2) is 6.54 Å². The number of hydrogen-bond donors (Lipinski definition) is 1. The number of hydrogen-bond acceptors (Lipinski definition) is 2. The molecule has 2 nitrogen and oxygen atoms in total. The van der Waals surface area contributed by atoms with E-state index in [1.165, 1.54) is 18.4 Å². The molecule has 0 aliphatic rings. The maximum atomic E-state index is 9.15. The molecule has 0 aromatic heterocycles. The van der Waals surface area contributed by atoms with Gasteiger partial charge in [0.15, 0.2) is 0 Å². The summed E-state index contributed by atoms with van der Waals surface area (Å²) in [6, 6.07) is 10.2. The Morgan fingerprint density at radius 3 is 2.69 bits per heavy atom. The molecule has 1 aromatic carbocycles. The third kappa shape index (κ3) is 3.67. The Labute approximate surface area is 98.3 Å². The number of rotatable bonds is 6. The molecular weight excluding hydrogens is 196 g/mol. The van der Waals surface area contributed by atoms with Gasteiger partial charge in [-0.15, -0.1) is 0 Å². The first-order valence-electron chi connectivity index (χ1n) is 5.98. The summed E-state index contributed by atoms with van der Waals surface area (Å²) in [4.78, 5) is 0. The van der Waals surface area contributed by atoms with Crippen LogP contribution in [0.1, 0.15) is 43.4 Å². The molecule has 2 heteroatoms. The van der Waals surface area contributed by atoms with Gasteiger partial charge in [-0.2, -0.15) is 5.26 Å². The molecule has 1 N–H and O–H groups in total. The summed E-state index contributed by atoms with van der Waals surface area (Å²) in [6.45, 7) is 5.15. The van der Waals surface area contributed by atoms with Crippen molar-refractivity contribution in [3.05, 3.63) is 35.4 Å². The third-order valence-corrected chi connectivity index (χ3v) is 2.76. The van der Waals surface area contributed by atoms with Crippen LogP contribution >= 0.6 is 0 Å². The van der Waals surface area contributed by atoms with Crippen LogP contribution in [0, 0.1) is 18.3 Å². The van der Waals surface area contributed by atoms with Crippen molar-refractivity contribution in [2.45, 2.75) is 39.2 Å². The van der Waals surface area contributed by atoms with Crippen molar-refractivity contribution < 1.29 is 0 Å². The van der Waals surface area contributed by atoms with E-state index in [4.69, 9.17) is 5.26 Å². The van der Waals surface area contributed by atoms with E-state index in [9.17, 15) is 0 Å². The summed E-state index contributed by atoms with van der Waals surface area (Å²) in [5.74, 6) is 0. The predicted octanol–water partition coefficient (Wildman–Crippen LogP) is 3.34. The minimum Gasteiger partial charge on any atom is -0.298 e. The highest BCUT2D eigenvalue weighted by Gasteiger charge is 2.10. The van der Waals surface area contributed by atoms with Gasteiger partial charge in [0.05, 0.1) is 6.07 Å². The molecule has 0 aliphatic carbocycles. The highest BCUT2D eigenvalue weighted by molar-refractivity contribution is 5.32. The van der Waals surface area contributed by atoms with Crippen LogP contribution < -0.4 is 5.32 Å². The predicted molar refractivity (Wildman–Crippen MR) is 67.1 cm³/mol. The van der Waals surface area contributed by atoms with E-state index < -0.39 is 0 Å². The van der Waals surface area contributed by atoms with Crippen molar-refractivity contribution in [3.8, 4) is 6.07 Å². The van der Waals surface area contributed by atoms with Gasteiger partial charge >= 0.3 is 0 Å². The standard InChI is InChI=1S/C14H20N2/c1-3-4-7-10-16-14(11-15)13-9-6-5-8-12(13)2/h5-6,8-9,14,16H,3-4,7,10H2,1-2H3. The molecule has 1 rings (SSSR count). The normalized spacial score (nSPS) is 12.1. The van der Waals surface area contributed by atoms with E-state index in [0.717, 1.165) is 18.5 Å². The van der Waals surface area contributed by atoms with Crippen molar-refractivity contribution in [1.82, 2.24) is 5.32 Å². The number of aryl methyl sites for hydroxylation is 1. The van der Waals surface area contributed by atoms with Crippen molar-refractivity contribution >= 4 is 0 Å². The number of nitrogens with one attached hydrogen (secondary N) is 1. The van der Waals surface area contributed by atoms with E-state index in [1.54, 1.807) is 0 Å². The highest BCUT2D eigenvalue weighted by atomic mass is 14.9. The molecule has 1 aromatic rings. The van der Waals surface area contributed by atoms with Crippen LogP contribution in [0.4, 0.5) is 0 Å². The minimum absolute atomic E-state index is 0.168. The summed E-state index contributed by atoms with van der Waals surface area (Å²) >= 11 is 0. The van der Waals surface area contributed by atoms with Crippen molar-refractivity contribution in [2.75, 3.05) is 6.54 Å². The minimum atomic E-state index is -0.168. The van der Waals surface area contributed by atoms with Crippen LogP contribution in [-0.2, 0) is 0 Å². The molecule has 0 spiro atoms. The zero-order valence-corrected chi connectivity index (χ0v) is 10.2. The molecule has 16 heavy (non-hydrogen) atoms. The van der Waals surface area contributed by atoms with E-state index in [2.05, 4.69) is 18.3 Å². The zero-order valence-electron chi connectivity index (χ0n) is 10.2. The largest absolute Gasteiger partial charge is 0.298 e. The van der Waals surface area contributed by atoms with Crippen LogP contribution in [0.25, 0.3) is 0 Å². The van der Waals surface area contributed by atoms with Crippen molar-refractivity contribution in [1.29, 1.82) is 5.26 Å². The van der Waals surface area contributed by atoms with E-state index in [-0.39, 0.29) is 6.04 Å². The Morgan fingerprint density at radius 1 is 1.31 bits per heavy atom. The van der Waals surface area contributed by atoms with E-state index in [0.29, 0.717) is 0 Å². The molecule has 0 radical (unpaired) electrons. The second-order valence-corrected chi connectivity index (χ2v) is 4.08. The number of nitrogens with zero attached hydrogens (tertiary/aromatic N) is 1. The van der Waals surface area contributed by atoms with Crippen LogP contribution in [0.3, 0.4) is 0 Å². The van der Waals surface area contributed by atoms with Crippen LogP contribution in [0.15, 0.2) is 24.3 Å². The molecule has 0 saturated carbocycles. The number of benzene rings is 1. The Morgan fingerprint density at radius 2 is 2.06 bits per heavy atom. The first-order chi connectivity index (χ1) is 7.79. The molecule has 0 amide bonds. The maximum Gasteiger partial charge on any atom is 0.121 e. The summed E-state index contributed by atoms with van der Waals surface area (Å²) in [5, 5.41) is 12.4. The van der Waals surface area contributed by atoms with Gasteiger partial charge in [0.25, 0.3) is 0 Å². The van der Waals surface area contributed by atoms with Crippen LogP contribution in [0.2, 0.25) is 0 Å². The van der Waals surface area contributed by atoms with Crippen molar-refractivity contribution in [2.24, 2.45) is 0 Å². The fourth-order valence-corrected chi connectivity index (χ4v) is 1.76. The lowest BCUT2D eigenvalue weighted by atomic mass is 10.0. The summed E-state index contributed by atoms with van der Waals surface area (Å²) in [5.41, 5.74) is 2.28. The van der Waals surface area contributed by atoms with Gasteiger partial charge in [0, 0.05) is 0 Å². The van der Waals surface area contributed by atoms with Crippen molar-refractivity contribution in [3.63, 3.8) is 0 Å². The lowest BCUT2D eigenvalue weighted by Gasteiger charge is -2.13. The van der Waals surface area contributed by atoms with Gasteiger partial charge < -0.3 is 0 Å². The molecule has 0 fully saturated rings. The lowest BCUT2D eigenvalue weighted by Crippen LogP contribution is -2.21. The monoisotopic (exact) mass is 216 g/mol. The second-order valence-electron chi connectivity index (χ2n) is 4.08. The maximum absolute atomic E-state index is 9.15. The molecule has 0 aliphatic heterocycles. The number of unbranched alkanes of at least 4 members (excludes halogenated alkanes) is 2. The Balaban J connectivity index is 2.55. The average molecular weight is 216 g/mol. The summed E-state index contributed by atoms with van der Waals surface area (Å²) < 4.78 is 0. The highest BCUT2D eigenvalue weighted by Crippen LogP contribution is 2.16. The zero-order chi connectivity index (χ0) is 11.8. The van der Waals surface area contributed by atoms with Gasteiger partial charge in [0.2, 0.25) is 0 Å². The first kappa shape index (κ1) is 12.7. The van der Waals surface area contributed by atoms with Gasteiger partial charge in [-0.05, 0) is 31.0 Å². The molecule has 0 saturated heterocycles. The second kappa shape index (κ2) is 7.03. The SMILES string of the molecule is CCCCCNC(C#N)c1ccccc1C. The fraction of sp³-hybridized carbons (Fsp3) is 0.500. The smallest absolute Gasteiger partial charge is 0.121 e. The third-order valence-electron chi connectivity index (χ3n) is 2.76. The number of nitriles is 1. The Hall–Kier alpha value is -1.33. The van der Waals surface area contributed by atoms with Gasteiger partial charge in [-0.3, -0.25) is 5.32 Å². The molecule has 86 valence electrons. The van der Waals surface area contributed by atoms with Crippen LogP contribution in [0.5, 0.6) is 0 Å². The molecular formula is C14H20N2. The average Bonchev–Trinajstić information content (AvgIpc) is 2.31. The Bertz CT molecular complexity index is 352. The molecule has 0 bridgehead atoms. The van der Waals surface area contributed by atoms with E-state index in [1.807, 2.05) is 31.2 Å². The topological polar surface area (TPSA) is 35.8 Å². The molecule has 0 heterocycles. The fourth-order valence-electron chi connectivity index (χ4n) is 1.76. The summed E-state index contributed by atoms with van der Waals surface area (Å²) in [6.07, 6.45) is 3.57. The lowest BCUT2D eigenvalue weighted by molar-refractivity contribution is 0.580. The van der Waals surface area contributed by atoms with Gasteiger partial charge in [0.1, 0.15) is 6.04 Å². The summed E-state index contributed by atoms with van der Waals surface area (Å²) in [7, 11) is 0. The molecule has 1 unspecified atom stereocenters. The quantitative estimate of drug-likeness (QED) is 0.740. The van der Waals surface area contributed by atoms with E-state index >= 15 is 0 Å². The molecule has 1 atom stereocenters.